The van der Waals surface area contributed by atoms with E-state index in [9.17, 15) is 17.6 Å². The van der Waals surface area contributed by atoms with Crippen LogP contribution in [0.2, 0.25) is 5.02 Å². The van der Waals surface area contributed by atoms with Crippen molar-refractivity contribution in [3.8, 4) is 0 Å². The average Bonchev–Trinajstić information content (AvgIpc) is 3.07. The van der Waals surface area contributed by atoms with Gasteiger partial charge in [-0.05, 0) is 36.4 Å². The van der Waals surface area contributed by atoms with Gasteiger partial charge in [-0.1, -0.05) is 17.7 Å². The number of sulfonamides is 1. The summed E-state index contributed by atoms with van der Waals surface area (Å²) in [4.78, 5) is 16.0. The number of rotatable bonds is 5. The van der Waals surface area contributed by atoms with Crippen LogP contribution in [0.1, 0.15) is 10.4 Å². The summed E-state index contributed by atoms with van der Waals surface area (Å²) in [6.45, 7) is 0. The summed E-state index contributed by atoms with van der Waals surface area (Å²) in [7, 11) is -3.79. The van der Waals surface area contributed by atoms with Crippen LogP contribution in [0.5, 0.6) is 0 Å². The molecule has 1 aromatic heterocycles. The zero-order chi connectivity index (χ0) is 18.7. The molecule has 2 N–H and O–H groups in total. The van der Waals surface area contributed by atoms with E-state index in [1.165, 1.54) is 42.6 Å². The zero-order valence-electron chi connectivity index (χ0n) is 12.9. The van der Waals surface area contributed by atoms with Gasteiger partial charge in [0.2, 0.25) is 0 Å². The second kappa shape index (κ2) is 7.40. The highest BCUT2D eigenvalue weighted by molar-refractivity contribution is 7.93. The lowest BCUT2D eigenvalue weighted by Crippen LogP contribution is -2.15. The smallest absolute Gasteiger partial charge is 0.263 e. The van der Waals surface area contributed by atoms with E-state index in [0.717, 1.165) is 17.4 Å². The minimum absolute atomic E-state index is 0.00498. The Morgan fingerprint density at radius 1 is 1.15 bits per heavy atom. The minimum atomic E-state index is -3.79. The molecule has 0 aliphatic heterocycles. The van der Waals surface area contributed by atoms with Crippen LogP contribution in [-0.2, 0) is 10.0 Å². The molecule has 0 fully saturated rings. The molecule has 0 saturated heterocycles. The monoisotopic (exact) mass is 411 g/mol. The molecule has 0 unspecified atom stereocenters. The van der Waals surface area contributed by atoms with E-state index in [0.29, 0.717) is 5.69 Å². The van der Waals surface area contributed by atoms with Gasteiger partial charge >= 0.3 is 0 Å². The maximum absolute atomic E-state index is 13.8. The van der Waals surface area contributed by atoms with E-state index in [4.69, 9.17) is 11.6 Å². The Hall–Kier alpha value is -2.49. The first kappa shape index (κ1) is 18.3. The van der Waals surface area contributed by atoms with Gasteiger partial charge < -0.3 is 5.32 Å². The summed E-state index contributed by atoms with van der Waals surface area (Å²) in [5, 5.41) is 4.35. The van der Waals surface area contributed by atoms with Gasteiger partial charge in [0.15, 0.2) is 5.13 Å². The Balaban J connectivity index is 1.76. The molecule has 2 aromatic carbocycles. The fraction of sp³-hybridized carbons (Fsp3) is 0. The van der Waals surface area contributed by atoms with Crippen molar-refractivity contribution in [3.05, 3.63) is 70.4 Å². The second-order valence-electron chi connectivity index (χ2n) is 5.02. The molecule has 0 bridgehead atoms. The molecular formula is C16H11ClFN3O3S2. The maximum Gasteiger partial charge on any atom is 0.263 e. The number of aromatic nitrogens is 1. The Bertz CT molecular complexity index is 1020. The van der Waals surface area contributed by atoms with Crippen molar-refractivity contribution in [2.24, 2.45) is 0 Å². The summed E-state index contributed by atoms with van der Waals surface area (Å²) >= 11 is 7.00. The van der Waals surface area contributed by atoms with Crippen molar-refractivity contribution < 1.29 is 17.6 Å². The Morgan fingerprint density at radius 3 is 2.50 bits per heavy atom. The molecule has 0 radical (unpaired) electrons. The summed E-state index contributed by atoms with van der Waals surface area (Å²) < 4.78 is 40.6. The van der Waals surface area contributed by atoms with Crippen LogP contribution in [0.25, 0.3) is 0 Å². The van der Waals surface area contributed by atoms with Crippen molar-refractivity contribution in [1.29, 1.82) is 0 Å². The van der Waals surface area contributed by atoms with E-state index in [1.54, 1.807) is 5.38 Å². The third-order valence-corrected chi connectivity index (χ3v) is 5.75. The predicted octanol–water partition coefficient (Wildman–Crippen LogP) is 3.99. The van der Waals surface area contributed by atoms with E-state index < -0.39 is 21.7 Å². The standard InChI is InChI=1S/C16H11ClFN3O3S2/c17-12-2-1-3-13(18)14(12)15(22)20-10-4-6-11(7-5-10)26(23,24)21-16-19-8-9-25-16/h1-9H,(H,19,21)(H,20,22). The van der Waals surface area contributed by atoms with Crippen molar-refractivity contribution in [1.82, 2.24) is 4.98 Å². The van der Waals surface area contributed by atoms with Crippen LogP contribution in [-0.4, -0.2) is 19.3 Å². The molecule has 0 spiro atoms. The van der Waals surface area contributed by atoms with Crippen molar-refractivity contribution >= 4 is 49.7 Å². The van der Waals surface area contributed by atoms with E-state index in [-0.39, 0.29) is 20.6 Å². The molecule has 0 aliphatic carbocycles. The summed E-state index contributed by atoms with van der Waals surface area (Å²) in [5.41, 5.74) is 0.0128. The van der Waals surface area contributed by atoms with Gasteiger partial charge in [0.05, 0.1) is 15.5 Å². The topological polar surface area (TPSA) is 88.2 Å². The highest BCUT2D eigenvalue weighted by Crippen LogP contribution is 2.22. The number of hydrogen-bond acceptors (Lipinski definition) is 5. The summed E-state index contributed by atoms with van der Waals surface area (Å²) in [6.07, 6.45) is 1.48. The van der Waals surface area contributed by atoms with Gasteiger partial charge in [-0.15, -0.1) is 11.3 Å². The number of thiazole rings is 1. The second-order valence-corrected chi connectivity index (χ2v) is 8.00. The molecule has 134 valence electrons. The lowest BCUT2D eigenvalue weighted by molar-refractivity contribution is 0.102. The number of halogens is 2. The lowest BCUT2D eigenvalue weighted by atomic mass is 10.2. The normalized spacial score (nSPS) is 11.2. The fourth-order valence-corrected chi connectivity index (χ4v) is 4.11. The third-order valence-electron chi connectivity index (χ3n) is 3.27. The number of nitrogens with one attached hydrogen (secondary N) is 2. The van der Waals surface area contributed by atoms with E-state index in [1.807, 2.05) is 0 Å². The van der Waals surface area contributed by atoms with Crippen LogP contribution in [0, 0.1) is 5.82 Å². The molecular weight excluding hydrogens is 401 g/mol. The van der Waals surface area contributed by atoms with Gasteiger partial charge in [0.1, 0.15) is 5.82 Å². The largest absolute Gasteiger partial charge is 0.322 e. The Morgan fingerprint density at radius 2 is 1.88 bits per heavy atom. The minimum Gasteiger partial charge on any atom is -0.322 e. The molecule has 3 aromatic rings. The van der Waals surface area contributed by atoms with Gasteiger partial charge in [-0.3, -0.25) is 9.52 Å². The maximum atomic E-state index is 13.8. The zero-order valence-corrected chi connectivity index (χ0v) is 15.3. The molecule has 6 nitrogen and oxygen atoms in total. The predicted molar refractivity (Wildman–Crippen MR) is 98.7 cm³/mol. The summed E-state index contributed by atoms with van der Waals surface area (Å²) in [6, 6.07) is 9.33. The Labute approximate surface area is 157 Å². The number of nitrogens with zero attached hydrogens (tertiary/aromatic N) is 1. The van der Waals surface area contributed by atoms with Crippen LogP contribution in [0.4, 0.5) is 15.2 Å². The third kappa shape index (κ3) is 4.01. The number of anilines is 2. The lowest BCUT2D eigenvalue weighted by Gasteiger charge is -2.09. The molecule has 0 saturated carbocycles. The quantitative estimate of drug-likeness (QED) is 0.664. The molecule has 10 heteroatoms. The summed E-state index contributed by atoms with van der Waals surface area (Å²) in [5.74, 6) is -1.48. The van der Waals surface area contributed by atoms with Crippen LogP contribution in [0.3, 0.4) is 0 Å². The highest BCUT2D eigenvalue weighted by atomic mass is 35.5. The van der Waals surface area contributed by atoms with Crippen LogP contribution < -0.4 is 10.0 Å². The number of amides is 1. The van der Waals surface area contributed by atoms with E-state index in [2.05, 4.69) is 15.0 Å². The van der Waals surface area contributed by atoms with Gasteiger partial charge in [0.25, 0.3) is 15.9 Å². The number of hydrogen-bond donors (Lipinski definition) is 2. The Kier molecular flexibility index (Phi) is 5.21. The number of carbonyl (C=O) groups excluding carboxylic acids is 1. The van der Waals surface area contributed by atoms with Gasteiger partial charge in [0, 0.05) is 17.3 Å². The van der Waals surface area contributed by atoms with Crippen molar-refractivity contribution in [2.45, 2.75) is 4.90 Å². The molecule has 3 rings (SSSR count). The van der Waals surface area contributed by atoms with Crippen molar-refractivity contribution in [3.63, 3.8) is 0 Å². The average molecular weight is 412 g/mol. The van der Waals surface area contributed by atoms with Crippen molar-refractivity contribution in [2.75, 3.05) is 10.0 Å². The molecule has 0 atom stereocenters. The first-order valence-corrected chi connectivity index (χ1v) is 9.88. The SMILES string of the molecule is O=C(Nc1ccc(S(=O)(=O)Nc2nccs2)cc1)c1c(F)cccc1Cl. The first-order chi connectivity index (χ1) is 12.4. The number of benzene rings is 2. The van der Waals surface area contributed by atoms with E-state index >= 15 is 0 Å². The van der Waals surface area contributed by atoms with Crippen LogP contribution in [0.15, 0.2) is 58.9 Å². The highest BCUT2D eigenvalue weighted by Gasteiger charge is 2.18. The molecule has 0 aliphatic rings. The molecule has 1 amide bonds. The fourth-order valence-electron chi connectivity index (χ4n) is 2.07. The van der Waals surface area contributed by atoms with Gasteiger partial charge in [-0.25, -0.2) is 17.8 Å². The number of carbonyl (C=O) groups is 1. The van der Waals surface area contributed by atoms with Crippen LogP contribution >= 0.6 is 22.9 Å². The molecule has 26 heavy (non-hydrogen) atoms. The first-order valence-electron chi connectivity index (χ1n) is 7.14. The van der Waals surface area contributed by atoms with Gasteiger partial charge in [-0.2, -0.15) is 0 Å². The molecule has 1 heterocycles.